The standard InChI is InChI=1S/C12H30N3O3P/c1-7-13(8-2)16-19(17-14(9-3)10-4)18-15(11-5)12-6/h7-12H2,1-6H3. The van der Waals surface area contributed by atoms with Crippen molar-refractivity contribution < 1.29 is 13.9 Å². The maximum atomic E-state index is 5.79. The minimum Gasteiger partial charge on any atom is -0.219 e. The van der Waals surface area contributed by atoms with Gasteiger partial charge in [0, 0.05) is 39.3 Å². The molecule has 0 rings (SSSR count). The number of hydrogen-bond donors (Lipinski definition) is 0. The molecule has 0 fully saturated rings. The summed E-state index contributed by atoms with van der Waals surface area (Å²) in [6.07, 6.45) is 0. The summed E-state index contributed by atoms with van der Waals surface area (Å²) in [6.45, 7) is 17.1. The summed E-state index contributed by atoms with van der Waals surface area (Å²) >= 11 is 0. The van der Waals surface area contributed by atoms with Gasteiger partial charge in [-0.2, -0.15) is 15.2 Å². The molecule has 0 saturated heterocycles. The molecule has 0 aromatic heterocycles. The van der Waals surface area contributed by atoms with Crippen LogP contribution in [-0.4, -0.2) is 54.5 Å². The summed E-state index contributed by atoms with van der Waals surface area (Å²) in [5.41, 5.74) is 0. The van der Waals surface area contributed by atoms with Crippen molar-refractivity contribution in [2.24, 2.45) is 0 Å². The first kappa shape index (κ1) is 19.2. The highest BCUT2D eigenvalue weighted by atomic mass is 31.2. The van der Waals surface area contributed by atoms with Crippen LogP contribution in [0.2, 0.25) is 0 Å². The van der Waals surface area contributed by atoms with E-state index in [4.69, 9.17) is 13.9 Å². The summed E-state index contributed by atoms with van der Waals surface area (Å²) in [4.78, 5) is 0. The lowest BCUT2D eigenvalue weighted by Gasteiger charge is -2.29. The van der Waals surface area contributed by atoms with E-state index in [9.17, 15) is 0 Å². The molecule has 0 aliphatic heterocycles. The molecule has 0 aromatic carbocycles. The minimum absolute atomic E-state index is 0.804. The fourth-order valence-electron chi connectivity index (χ4n) is 1.34. The predicted molar refractivity (Wildman–Crippen MR) is 78.9 cm³/mol. The highest BCUT2D eigenvalue weighted by Crippen LogP contribution is 2.42. The van der Waals surface area contributed by atoms with E-state index in [0.717, 1.165) is 39.3 Å². The normalized spacial score (nSPS) is 12.3. The summed E-state index contributed by atoms with van der Waals surface area (Å²) in [5, 5.41) is 5.54. The van der Waals surface area contributed by atoms with Gasteiger partial charge in [0.15, 0.2) is 0 Å². The van der Waals surface area contributed by atoms with Crippen molar-refractivity contribution in [1.29, 1.82) is 0 Å². The van der Waals surface area contributed by atoms with E-state index >= 15 is 0 Å². The van der Waals surface area contributed by atoms with Gasteiger partial charge in [0.1, 0.15) is 0 Å². The first-order valence-electron chi connectivity index (χ1n) is 7.24. The Bertz CT molecular complexity index is 167. The van der Waals surface area contributed by atoms with Gasteiger partial charge in [-0.05, 0) is 0 Å². The molecule has 0 radical (unpaired) electrons. The van der Waals surface area contributed by atoms with E-state index in [2.05, 4.69) is 0 Å². The van der Waals surface area contributed by atoms with E-state index in [1.165, 1.54) is 0 Å². The third-order valence-corrected chi connectivity index (χ3v) is 3.76. The lowest BCUT2D eigenvalue weighted by molar-refractivity contribution is -0.161. The molecule has 0 spiro atoms. The van der Waals surface area contributed by atoms with Crippen molar-refractivity contribution in [3.8, 4) is 0 Å². The zero-order valence-electron chi connectivity index (χ0n) is 13.3. The van der Waals surface area contributed by atoms with Gasteiger partial charge in [0.2, 0.25) is 0 Å². The van der Waals surface area contributed by atoms with Gasteiger partial charge in [-0.3, -0.25) is 0 Å². The third-order valence-electron chi connectivity index (χ3n) is 2.66. The van der Waals surface area contributed by atoms with Gasteiger partial charge >= 0.3 is 8.60 Å². The van der Waals surface area contributed by atoms with Gasteiger partial charge in [-0.15, -0.1) is 0 Å². The molecule has 7 heteroatoms. The van der Waals surface area contributed by atoms with Crippen LogP contribution in [0.3, 0.4) is 0 Å². The fourth-order valence-corrected chi connectivity index (χ4v) is 2.69. The molecule has 0 aliphatic carbocycles. The second-order valence-corrected chi connectivity index (χ2v) is 4.75. The van der Waals surface area contributed by atoms with E-state index in [1.807, 2.05) is 56.7 Å². The topological polar surface area (TPSA) is 37.4 Å². The summed E-state index contributed by atoms with van der Waals surface area (Å²) in [5.74, 6) is 0. The van der Waals surface area contributed by atoms with E-state index in [0.29, 0.717) is 0 Å². The third kappa shape index (κ3) is 8.15. The minimum atomic E-state index is -1.44. The number of nitrogens with zero attached hydrogens (tertiary/aromatic N) is 3. The molecular formula is C12H30N3O3P. The van der Waals surface area contributed by atoms with Crippen LogP contribution >= 0.6 is 8.60 Å². The van der Waals surface area contributed by atoms with Crippen molar-refractivity contribution in [1.82, 2.24) is 15.2 Å². The molecule has 0 aromatic rings. The Morgan fingerprint density at radius 1 is 0.526 bits per heavy atom. The van der Waals surface area contributed by atoms with Crippen molar-refractivity contribution in [3.05, 3.63) is 0 Å². The second kappa shape index (κ2) is 12.0. The SMILES string of the molecule is CCN(CC)OP(ON(CC)CC)ON(CC)CC. The second-order valence-electron chi connectivity index (χ2n) is 3.81. The zero-order chi connectivity index (χ0) is 14.7. The quantitative estimate of drug-likeness (QED) is 0.407. The Balaban J connectivity index is 4.51. The van der Waals surface area contributed by atoms with Gasteiger partial charge in [-0.1, -0.05) is 41.5 Å². The molecule has 116 valence electrons. The van der Waals surface area contributed by atoms with Gasteiger partial charge < -0.3 is 0 Å². The smallest absolute Gasteiger partial charge is 0.219 e. The van der Waals surface area contributed by atoms with Gasteiger partial charge in [-0.25, -0.2) is 13.9 Å². The van der Waals surface area contributed by atoms with E-state index < -0.39 is 8.60 Å². The van der Waals surface area contributed by atoms with Crippen LogP contribution in [0.4, 0.5) is 0 Å². The average molecular weight is 295 g/mol. The number of hydroxylamine groups is 6. The zero-order valence-corrected chi connectivity index (χ0v) is 14.2. The first-order valence-corrected chi connectivity index (χ1v) is 8.33. The lowest BCUT2D eigenvalue weighted by Crippen LogP contribution is -2.29. The van der Waals surface area contributed by atoms with Crippen LogP contribution in [-0.2, 0) is 13.9 Å². The van der Waals surface area contributed by atoms with Crippen LogP contribution in [0.5, 0.6) is 0 Å². The molecule has 0 saturated carbocycles. The van der Waals surface area contributed by atoms with E-state index in [1.54, 1.807) is 0 Å². The Kier molecular flexibility index (Phi) is 12.1. The molecule has 19 heavy (non-hydrogen) atoms. The first-order chi connectivity index (χ1) is 9.14. The maximum absolute atomic E-state index is 5.79. The Morgan fingerprint density at radius 3 is 0.895 bits per heavy atom. The Hall–Kier alpha value is 0.190. The van der Waals surface area contributed by atoms with Crippen LogP contribution in [0, 0.1) is 0 Å². The highest BCUT2D eigenvalue weighted by molar-refractivity contribution is 7.41. The monoisotopic (exact) mass is 295 g/mol. The van der Waals surface area contributed by atoms with Crippen molar-refractivity contribution in [2.75, 3.05) is 39.3 Å². The van der Waals surface area contributed by atoms with E-state index in [-0.39, 0.29) is 0 Å². The lowest BCUT2D eigenvalue weighted by atomic mass is 10.6. The van der Waals surface area contributed by atoms with Crippen molar-refractivity contribution in [2.45, 2.75) is 41.5 Å². The van der Waals surface area contributed by atoms with Crippen LogP contribution < -0.4 is 0 Å². The number of hydrogen-bond acceptors (Lipinski definition) is 6. The summed E-state index contributed by atoms with van der Waals surface area (Å²) in [7, 11) is -1.44. The number of rotatable bonds is 12. The molecule has 0 amide bonds. The molecule has 0 N–H and O–H groups in total. The molecule has 0 aliphatic rings. The molecule has 0 bridgehead atoms. The Morgan fingerprint density at radius 2 is 0.737 bits per heavy atom. The molecule has 0 heterocycles. The summed E-state index contributed by atoms with van der Waals surface area (Å²) in [6, 6.07) is 0. The van der Waals surface area contributed by atoms with Gasteiger partial charge in [0.05, 0.1) is 0 Å². The molecule has 0 unspecified atom stereocenters. The van der Waals surface area contributed by atoms with Crippen LogP contribution in [0.1, 0.15) is 41.5 Å². The maximum Gasteiger partial charge on any atom is 0.387 e. The molecular weight excluding hydrogens is 265 g/mol. The van der Waals surface area contributed by atoms with Gasteiger partial charge in [0.25, 0.3) is 0 Å². The molecule has 0 atom stereocenters. The largest absolute Gasteiger partial charge is 0.387 e. The van der Waals surface area contributed by atoms with Crippen LogP contribution in [0.25, 0.3) is 0 Å². The highest BCUT2D eigenvalue weighted by Gasteiger charge is 2.23. The fraction of sp³-hybridized carbons (Fsp3) is 1.00. The van der Waals surface area contributed by atoms with Crippen molar-refractivity contribution >= 4 is 8.60 Å². The summed E-state index contributed by atoms with van der Waals surface area (Å²) < 4.78 is 17.4. The molecule has 6 nitrogen and oxygen atoms in total. The van der Waals surface area contributed by atoms with Crippen LogP contribution in [0.15, 0.2) is 0 Å². The predicted octanol–water partition coefficient (Wildman–Crippen LogP) is 3.03. The Labute approximate surface area is 119 Å². The average Bonchev–Trinajstić information content (AvgIpc) is 2.46. The van der Waals surface area contributed by atoms with Crippen molar-refractivity contribution in [3.63, 3.8) is 0 Å².